The summed E-state index contributed by atoms with van der Waals surface area (Å²) in [6, 6.07) is 6.84. The summed E-state index contributed by atoms with van der Waals surface area (Å²) in [5.41, 5.74) is -0.176. The van der Waals surface area contributed by atoms with Crippen molar-refractivity contribution in [2.45, 2.75) is 6.54 Å². The van der Waals surface area contributed by atoms with Gasteiger partial charge in [0.1, 0.15) is 17.5 Å². The predicted octanol–water partition coefficient (Wildman–Crippen LogP) is 3.80. The predicted molar refractivity (Wildman–Crippen MR) is 71.6 cm³/mol. The number of hydrogen-bond donors (Lipinski definition) is 1. The Morgan fingerprint density at radius 1 is 1.05 bits per heavy atom. The normalized spacial score (nSPS) is 10.4. The van der Waals surface area contributed by atoms with Crippen LogP contribution < -0.4 is 5.32 Å². The number of nitrogens with one attached hydrogen (secondary N) is 1. The van der Waals surface area contributed by atoms with Gasteiger partial charge in [0.25, 0.3) is 5.91 Å². The maximum atomic E-state index is 13.5. The van der Waals surface area contributed by atoms with Crippen molar-refractivity contribution < 1.29 is 18.0 Å². The van der Waals surface area contributed by atoms with Crippen molar-refractivity contribution in [1.29, 1.82) is 0 Å². The van der Waals surface area contributed by atoms with E-state index in [-0.39, 0.29) is 17.7 Å². The maximum Gasteiger partial charge on any atom is 0.254 e. The minimum absolute atomic E-state index is 0.00578. The van der Waals surface area contributed by atoms with Crippen LogP contribution in [0.15, 0.2) is 40.9 Å². The third-order valence-electron chi connectivity index (χ3n) is 2.62. The van der Waals surface area contributed by atoms with Gasteiger partial charge in [-0.25, -0.2) is 13.2 Å². The monoisotopic (exact) mass is 343 g/mol. The van der Waals surface area contributed by atoms with E-state index in [0.29, 0.717) is 4.47 Å². The summed E-state index contributed by atoms with van der Waals surface area (Å²) < 4.78 is 40.3. The van der Waals surface area contributed by atoms with Crippen LogP contribution in [0.4, 0.5) is 13.2 Å². The molecule has 1 amide bonds. The Balaban J connectivity index is 2.12. The minimum atomic E-state index is -0.701. The molecule has 0 radical (unpaired) electrons. The van der Waals surface area contributed by atoms with Gasteiger partial charge in [-0.3, -0.25) is 4.79 Å². The molecule has 0 saturated heterocycles. The molecule has 20 heavy (non-hydrogen) atoms. The molecule has 0 bridgehead atoms. The van der Waals surface area contributed by atoms with Gasteiger partial charge in [0.15, 0.2) is 0 Å². The van der Waals surface area contributed by atoms with Crippen LogP contribution in [-0.4, -0.2) is 5.91 Å². The van der Waals surface area contributed by atoms with Crippen LogP contribution >= 0.6 is 15.9 Å². The van der Waals surface area contributed by atoms with Crippen LogP contribution in [-0.2, 0) is 6.54 Å². The number of amides is 1. The third kappa shape index (κ3) is 3.39. The van der Waals surface area contributed by atoms with Crippen LogP contribution in [0, 0.1) is 17.5 Å². The van der Waals surface area contributed by atoms with Gasteiger partial charge in [0.05, 0.1) is 5.56 Å². The number of carbonyl (C=O) groups is 1. The van der Waals surface area contributed by atoms with Gasteiger partial charge in [0.2, 0.25) is 0 Å². The van der Waals surface area contributed by atoms with Gasteiger partial charge in [0, 0.05) is 16.6 Å². The number of benzene rings is 2. The molecule has 0 aromatic heterocycles. The van der Waals surface area contributed by atoms with Crippen molar-refractivity contribution in [2.75, 3.05) is 0 Å². The fourth-order valence-electron chi connectivity index (χ4n) is 1.62. The molecule has 2 aromatic carbocycles. The standard InChI is InChI=1S/C14H9BrF3NO/c15-9-1-3-13(18)11(6-9)14(20)19-7-8-5-10(16)2-4-12(8)17/h1-6H,7H2,(H,19,20). The second-order valence-electron chi connectivity index (χ2n) is 4.04. The van der Waals surface area contributed by atoms with Crippen LogP contribution in [0.5, 0.6) is 0 Å². The largest absolute Gasteiger partial charge is 0.348 e. The second kappa shape index (κ2) is 6.09. The van der Waals surface area contributed by atoms with Crippen LogP contribution in [0.1, 0.15) is 15.9 Å². The van der Waals surface area contributed by atoms with E-state index in [1.807, 2.05) is 0 Å². The maximum absolute atomic E-state index is 13.5. The molecule has 0 heterocycles. The first-order valence-electron chi connectivity index (χ1n) is 5.64. The van der Waals surface area contributed by atoms with Crippen molar-refractivity contribution in [3.63, 3.8) is 0 Å². The lowest BCUT2D eigenvalue weighted by Gasteiger charge is -2.07. The highest BCUT2D eigenvalue weighted by Crippen LogP contribution is 2.16. The Morgan fingerprint density at radius 2 is 1.75 bits per heavy atom. The SMILES string of the molecule is O=C(NCc1cc(F)ccc1F)c1cc(Br)ccc1F. The molecule has 0 aliphatic carbocycles. The highest BCUT2D eigenvalue weighted by Gasteiger charge is 2.13. The molecule has 0 fully saturated rings. The summed E-state index contributed by atoms with van der Waals surface area (Å²) in [4.78, 5) is 11.8. The molecule has 0 aliphatic rings. The molecular weight excluding hydrogens is 335 g/mol. The number of rotatable bonds is 3. The Morgan fingerprint density at radius 3 is 2.50 bits per heavy atom. The van der Waals surface area contributed by atoms with Gasteiger partial charge in [-0.1, -0.05) is 15.9 Å². The fourth-order valence-corrected chi connectivity index (χ4v) is 1.98. The van der Waals surface area contributed by atoms with Gasteiger partial charge in [-0.2, -0.15) is 0 Å². The second-order valence-corrected chi connectivity index (χ2v) is 4.96. The summed E-state index contributed by atoms with van der Waals surface area (Å²) in [6.07, 6.45) is 0. The third-order valence-corrected chi connectivity index (χ3v) is 3.11. The van der Waals surface area contributed by atoms with E-state index in [0.717, 1.165) is 24.3 Å². The average Bonchev–Trinajstić information content (AvgIpc) is 2.42. The zero-order valence-electron chi connectivity index (χ0n) is 10.1. The van der Waals surface area contributed by atoms with E-state index in [1.54, 1.807) is 0 Å². The van der Waals surface area contributed by atoms with Crippen LogP contribution in [0.2, 0.25) is 0 Å². The first-order valence-corrected chi connectivity index (χ1v) is 6.44. The lowest BCUT2D eigenvalue weighted by atomic mass is 10.1. The lowest BCUT2D eigenvalue weighted by Crippen LogP contribution is -2.24. The molecule has 0 unspecified atom stereocenters. The van der Waals surface area contributed by atoms with E-state index in [4.69, 9.17) is 0 Å². The van der Waals surface area contributed by atoms with E-state index in [1.165, 1.54) is 12.1 Å². The lowest BCUT2D eigenvalue weighted by molar-refractivity contribution is 0.0946. The smallest absolute Gasteiger partial charge is 0.254 e. The number of halogens is 4. The van der Waals surface area contributed by atoms with Gasteiger partial charge in [-0.15, -0.1) is 0 Å². The summed E-state index contributed by atoms with van der Waals surface area (Å²) in [5.74, 6) is -2.64. The van der Waals surface area contributed by atoms with Crippen molar-refractivity contribution in [1.82, 2.24) is 5.32 Å². The van der Waals surface area contributed by atoms with Gasteiger partial charge < -0.3 is 5.32 Å². The van der Waals surface area contributed by atoms with Crippen molar-refractivity contribution in [2.24, 2.45) is 0 Å². The Kier molecular flexibility index (Phi) is 4.44. The first kappa shape index (κ1) is 14.6. The molecule has 0 atom stereocenters. The zero-order valence-corrected chi connectivity index (χ0v) is 11.7. The van der Waals surface area contributed by atoms with E-state index in [9.17, 15) is 18.0 Å². The van der Waals surface area contributed by atoms with E-state index < -0.39 is 23.4 Å². The zero-order chi connectivity index (χ0) is 14.7. The van der Waals surface area contributed by atoms with Crippen molar-refractivity contribution >= 4 is 21.8 Å². The Labute approximate surface area is 121 Å². The first-order chi connectivity index (χ1) is 9.47. The molecule has 2 nitrogen and oxygen atoms in total. The molecule has 0 spiro atoms. The highest BCUT2D eigenvalue weighted by atomic mass is 79.9. The quantitative estimate of drug-likeness (QED) is 0.902. The van der Waals surface area contributed by atoms with Gasteiger partial charge >= 0.3 is 0 Å². The highest BCUT2D eigenvalue weighted by molar-refractivity contribution is 9.10. The Hall–Kier alpha value is -1.82. The molecule has 0 saturated carbocycles. The fraction of sp³-hybridized carbons (Fsp3) is 0.0714. The average molecular weight is 344 g/mol. The summed E-state index contributed by atoms with van der Waals surface area (Å²) >= 11 is 3.13. The molecule has 2 aromatic rings. The number of hydrogen-bond acceptors (Lipinski definition) is 1. The van der Waals surface area contributed by atoms with E-state index >= 15 is 0 Å². The molecule has 6 heteroatoms. The molecule has 0 aliphatic heterocycles. The van der Waals surface area contributed by atoms with Gasteiger partial charge in [-0.05, 0) is 36.4 Å². The molecule has 104 valence electrons. The summed E-state index contributed by atoms with van der Waals surface area (Å²) in [5, 5.41) is 2.34. The number of carbonyl (C=O) groups excluding carboxylic acids is 1. The topological polar surface area (TPSA) is 29.1 Å². The van der Waals surface area contributed by atoms with Crippen LogP contribution in [0.3, 0.4) is 0 Å². The van der Waals surface area contributed by atoms with Crippen LogP contribution in [0.25, 0.3) is 0 Å². The van der Waals surface area contributed by atoms with Crippen molar-refractivity contribution in [3.05, 3.63) is 69.4 Å². The molecule has 2 rings (SSSR count). The summed E-state index contributed by atoms with van der Waals surface area (Å²) in [6.45, 7) is -0.228. The Bertz CT molecular complexity index is 661. The minimum Gasteiger partial charge on any atom is -0.348 e. The molecule has 1 N–H and O–H groups in total. The summed E-state index contributed by atoms with van der Waals surface area (Å²) in [7, 11) is 0. The van der Waals surface area contributed by atoms with E-state index in [2.05, 4.69) is 21.2 Å². The van der Waals surface area contributed by atoms with Crippen molar-refractivity contribution in [3.8, 4) is 0 Å². The molecular formula is C14H9BrF3NO.